The third-order valence-corrected chi connectivity index (χ3v) is 3.51. The molecule has 1 aliphatic rings. The van der Waals surface area contributed by atoms with Crippen molar-refractivity contribution < 1.29 is 15.3 Å². The first-order chi connectivity index (χ1) is 8.02. The van der Waals surface area contributed by atoms with Crippen LogP contribution >= 0.6 is 0 Å². The van der Waals surface area contributed by atoms with Crippen LogP contribution in [0.15, 0.2) is 18.2 Å². The molecule has 4 N–H and O–H groups in total. The second kappa shape index (κ2) is 4.55. The largest absolute Gasteiger partial charge is 0.507 e. The topological polar surface area (TPSA) is 72.7 Å². The first-order valence-electron chi connectivity index (χ1n) is 5.98. The van der Waals surface area contributed by atoms with Crippen LogP contribution in [-0.2, 0) is 0 Å². The van der Waals surface area contributed by atoms with Gasteiger partial charge in [-0.05, 0) is 38.3 Å². The molecular weight excluding hydrogens is 218 g/mol. The average molecular weight is 237 g/mol. The summed E-state index contributed by atoms with van der Waals surface area (Å²) in [4.78, 5) is 0. The SMILES string of the molecule is CC(NCC1(O)CCC1)c1c(O)cccc1O. The molecule has 1 fully saturated rings. The van der Waals surface area contributed by atoms with E-state index in [0.29, 0.717) is 12.1 Å². The fraction of sp³-hybridized carbons (Fsp3) is 0.538. The Kier molecular flexibility index (Phi) is 3.26. The number of aromatic hydroxyl groups is 2. The molecule has 1 atom stereocenters. The number of hydrogen-bond donors (Lipinski definition) is 4. The number of aliphatic hydroxyl groups is 1. The van der Waals surface area contributed by atoms with Gasteiger partial charge in [0.05, 0.1) is 11.2 Å². The van der Waals surface area contributed by atoms with E-state index >= 15 is 0 Å². The van der Waals surface area contributed by atoms with E-state index in [0.717, 1.165) is 19.3 Å². The number of benzene rings is 1. The Balaban J connectivity index is 2.01. The molecule has 1 aromatic carbocycles. The van der Waals surface area contributed by atoms with Crippen LogP contribution in [0.5, 0.6) is 11.5 Å². The standard InChI is InChI=1S/C13H19NO3/c1-9(14-8-13(17)6-3-7-13)12-10(15)4-2-5-11(12)16/h2,4-5,9,14-17H,3,6-8H2,1H3. The molecule has 0 saturated heterocycles. The zero-order valence-electron chi connectivity index (χ0n) is 9.98. The van der Waals surface area contributed by atoms with E-state index in [9.17, 15) is 15.3 Å². The highest BCUT2D eigenvalue weighted by Gasteiger charge is 2.34. The molecule has 0 amide bonds. The molecule has 94 valence electrons. The van der Waals surface area contributed by atoms with Crippen molar-refractivity contribution in [3.63, 3.8) is 0 Å². The maximum absolute atomic E-state index is 9.96. The summed E-state index contributed by atoms with van der Waals surface area (Å²) in [5, 5.41) is 32.5. The van der Waals surface area contributed by atoms with Gasteiger partial charge in [0.15, 0.2) is 0 Å². The summed E-state index contributed by atoms with van der Waals surface area (Å²) in [5.41, 5.74) is -0.121. The van der Waals surface area contributed by atoms with Gasteiger partial charge < -0.3 is 20.6 Å². The van der Waals surface area contributed by atoms with Crippen LogP contribution in [0.25, 0.3) is 0 Å². The summed E-state index contributed by atoms with van der Waals surface area (Å²) in [6.45, 7) is 2.35. The summed E-state index contributed by atoms with van der Waals surface area (Å²) in [6, 6.07) is 4.50. The molecule has 4 heteroatoms. The van der Waals surface area contributed by atoms with Gasteiger partial charge in [0.1, 0.15) is 11.5 Å². The molecule has 0 radical (unpaired) electrons. The minimum Gasteiger partial charge on any atom is -0.507 e. The minimum atomic E-state index is -0.603. The van der Waals surface area contributed by atoms with E-state index in [1.807, 2.05) is 6.92 Å². The molecule has 0 bridgehead atoms. The zero-order valence-corrected chi connectivity index (χ0v) is 9.98. The number of rotatable bonds is 4. The third-order valence-electron chi connectivity index (χ3n) is 3.51. The second-order valence-electron chi connectivity index (χ2n) is 4.89. The normalized spacial score (nSPS) is 19.6. The Bertz CT molecular complexity index is 381. The highest BCUT2D eigenvalue weighted by molar-refractivity contribution is 5.44. The van der Waals surface area contributed by atoms with Gasteiger partial charge in [-0.25, -0.2) is 0 Å². The van der Waals surface area contributed by atoms with Crippen LogP contribution in [0, 0.1) is 0 Å². The lowest BCUT2D eigenvalue weighted by atomic mass is 9.80. The summed E-state index contributed by atoms with van der Waals surface area (Å²) in [7, 11) is 0. The van der Waals surface area contributed by atoms with Crippen LogP contribution in [0.1, 0.15) is 37.8 Å². The number of phenols is 2. The van der Waals surface area contributed by atoms with E-state index in [4.69, 9.17) is 0 Å². The van der Waals surface area contributed by atoms with Crippen molar-refractivity contribution in [3.8, 4) is 11.5 Å². The minimum absolute atomic E-state index is 0.0746. The lowest BCUT2D eigenvalue weighted by Crippen LogP contribution is -2.46. The van der Waals surface area contributed by atoms with Gasteiger partial charge in [0.25, 0.3) is 0 Å². The maximum atomic E-state index is 9.96. The lowest BCUT2D eigenvalue weighted by molar-refractivity contribution is -0.0330. The molecule has 4 nitrogen and oxygen atoms in total. The monoisotopic (exact) mass is 237 g/mol. The van der Waals surface area contributed by atoms with Crippen LogP contribution < -0.4 is 5.32 Å². The molecule has 1 aromatic rings. The molecule has 1 saturated carbocycles. The molecule has 0 heterocycles. The van der Waals surface area contributed by atoms with Crippen molar-refractivity contribution in [2.45, 2.75) is 37.8 Å². The molecule has 0 aromatic heterocycles. The Morgan fingerprint density at radius 1 is 1.29 bits per heavy atom. The van der Waals surface area contributed by atoms with Gasteiger partial charge in [-0.2, -0.15) is 0 Å². The van der Waals surface area contributed by atoms with Crippen molar-refractivity contribution in [2.24, 2.45) is 0 Å². The van der Waals surface area contributed by atoms with Crippen molar-refractivity contribution in [2.75, 3.05) is 6.54 Å². The quantitative estimate of drug-likeness (QED) is 0.642. The van der Waals surface area contributed by atoms with Gasteiger partial charge in [-0.15, -0.1) is 0 Å². The molecule has 1 unspecified atom stereocenters. The molecule has 0 spiro atoms. The molecule has 1 aliphatic carbocycles. The fourth-order valence-electron chi connectivity index (χ4n) is 2.19. The highest BCUT2D eigenvalue weighted by atomic mass is 16.3. The summed E-state index contributed by atoms with van der Waals surface area (Å²) in [5.74, 6) is 0.149. The first-order valence-corrected chi connectivity index (χ1v) is 5.98. The predicted molar refractivity (Wildman–Crippen MR) is 65.0 cm³/mol. The van der Waals surface area contributed by atoms with Crippen molar-refractivity contribution in [1.82, 2.24) is 5.32 Å². The Morgan fingerprint density at radius 2 is 1.88 bits per heavy atom. The summed E-state index contributed by atoms with van der Waals surface area (Å²) in [6.07, 6.45) is 2.70. The molecular formula is C13H19NO3. The third kappa shape index (κ3) is 2.53. The van der Waals surface area contributed by atoms with E-state index in [-0.39, 0.29) is 17.5 Å². The highest BCUT2D eigenvalue weighted by Crippen LogP contribution is 2.34. The smallest absolute Gasteiger partial charge is 0.124 e. The Morgan fingerprint density at radius 3 is 2.35 bits per heavy atom. The predicted octanol–water partition coefficient (Wildman–Crippen LogP) is 1.66. The van der Waals surface area contributed by atoms with Crippen LogP contribution in [0.2, 0.25) is 0 Å². The van der Waals surface area contributed by atoms with Crippen molar-refractivity contribution in [3.05, 3.63) is 23.8 Å². The Labute approximate surface area is 101 Å². The fourth-order valence-corrected chi connectivity index (χ4v) is 2.19. The lowest BCUT2D eigenvalue weighted by Gasteiger charge is -2.37. The summed E-state index contributed by atoms with van der Waals surface area (Å²) < 4.78 is 0. The number of nitrogens with one attached hydrogen (secondary N) is 1. The van der Waals surface area contributed by atoms with E-state index in [2.05, 4.69) is 5.32 Å². The Hall–Kier alpha value is -1.26. The average Bonchev–Trinajstić information content (AvgIpc) is 2.23. The van der Waals surface area contributed by atoms with Crippen LogP contribution in [0.4, 0.5) is 0 Å². The van der Waals surface area contributed by atoms with Gasteiger partial charge in [-0.1, -0.05) is 6.07 Å². The van der Waals surface area contributed by atoms with Gasteiger partial charge >= 0.3 is 0 Å². The van der Waals surface area contributed by atoms with Crippen LogP contribution in [-0.4, -0.2) is 27.5 Å². The zero-order chi connectivity index (χ0) is 12.5. The molecule has 0 aliphatic heterocycles. The van der Waals surface area contributed by atoms with Crippen LogP contribution in [0.3, 0.4) is 0 Å². The number of hydrogen-bond acceptors (Lipinski definition) is 4. The van der Waals surface area contributed by atoms with Crippen molar-refractivity contribution >= 4 is 0 Å². The van der Waals surface area contributed by atoms with E-state index < -0.39 is 5.60 Å². The van der Waals surface area contributed by atoms with E-state index in [1.54, 1.807) is 18.2 Å². The number of phenolic OH excluding ortho intramolecular Hbond substituents is 2. The summed E-state index contributed by atoms with van der Waals surface area (Å²) >= 11 is 0. The van der Waals surface area contributed by atoms with E-state index in [1.165, 1.54) is 0 Å². The molecule has 2 rings (SSSR count). The first kappa shape index (κ1) is 12.2. The van der Waals surface area contributed by atoms with Gasteiger partial charge in [0.2, 0.25) is 0 Å². The second-order valence-corrected chi connectivity index (χ2v) is 4.89. The molecule has 17 heavy (non-hydrogen) atoms. The van der Waals surface area contributed by atoms with Crippen molar-refractivity contribution in [1.29, 1.82) is 0 Å². The maximum Gasteiger partial charge on any atom is 0.124 e. The van der Waals surface area contributed by atoms with Gasteiger partial charge in [0, 0.05) is 12.6 Å². The van der Waals surface area contributed by atoms with Gasteiger partial charge in [-0.3, -0.25) is 0 Å².